The third kappa shape index (κ3) is 2.42. The van der Waals surface area contributed by atoms with Crippen LogP contribution in [0.15, 0.2) is 70.5 Å². The van der Waals surface area contributed by atoms with E-state index in [0.717, 1.165) is 9.79 Å². The molecule has 2 aromatic rings. The molecule has 0 unspecified atom stereocenters. The maximum absolute atomic E-state index is 8.04. The van der Waals surface area contributed by atoms with E-state index in [4.69, 9.17) is 2.74 Å². The van der Waals surface area contributed by atoms with E-state index in [1.165, 1.54) is 0 Å². The predicted molar refractivity (Wildman–Crippen MR) is 67.3 cm³/mol. The summed E-state index contributed by atoms with van der Waals surface area (Å²) in [4.78, 5) is 2.09. The molecule has 0 spiro atoms. The summed E-state index contributed by atoms with van der Waals surface area (Å²) < 4.78 is 16.1. The fourth-order valence-corrected chi connectivity index (χ4v) is 3.09. The summed E-state index contributed by atoms with van der Waals surface area (Å²) in [5, 5.41) is 0. The Morgan fingerprint density at radius 1 is 0.867 bits per heavy atom. The van der Waals surface area contributed by atoms with Crippen LogP contribution in [-0.4, -0.2) is 5.70 Å². The van der Waals surface area contributed by atoms with E-state index >= 15 is 0 Å². The van der Waals surface area contributed by atoms with Crippen LogP contribution in [0.25, 0.3) is 0 Å². The molecule has 2 rings (SSSR count). The minimum Gasteiger partial charge on any atom is -0.0619 e. The maximum Gasteiger partial charge on any atom is 0.160 e. The largest absolute Gasteiger partial charge is 0.160 e. The Morgan fingerprint density at radius 2 is 1.27 bits per heavy atom. The summed E-state index contributed by atoms with van der Waals surface area (Å²) in [6, 6.07) is 19.8. The van der Waals surface area contributed by atoms with Gasteiger partial charge in [0.15, 0.2) is 9.79 Å². The van der Waals surface area contributed by atoms with Gasteiger partial charge in [0, 0.05) is 0 Å². The highest BCUT2D eigenvalue weighted by Crippen LogP contribution is 2.22. The molecule has 0 amide bonds. The van der Waals surface area contributed by atoms with Crippen molar-refractivity contribution in [1.29, 1.82) is 0 Å². The van der Waals surface area contributed by atoms with Crippen LogP contribution in [0.4, 0.5) is 0 Å². The van der Waals surface area contributed by atoms with Crippen LogP contribution in [0.5, 0.6) is 0 Å². The topological polar surface area (TPSA) is 0 Å². The number of hydrogen-bond acceptors (Lipinski definition) is 0. The van der Waals surface area contributed by atoms with Gasteiger partial charge in [-0.1, -0.05) is 36.4 Å². The van der Waals surface area contributed by atoms with Crippen LogP contribution in [0, 0.1) is 0 Å². The molecule has 0 N–H and O–H groups in total. The van der Waals surface area contributed by atoms with Gasteiger partial charge in [-0.3, -0.25) is 0 Å². The highest BCUT2D eigenvalue weighted by atomic mass is 32.2. The van der Waals surface area contributed by atoms with Crippen molar-refractivity contribution in [1.82, 2.24) is 0 Å². The van der Waals surface area contributed by atoms with Crippen LogP contribution in [0.3, 0.4) is 0 Å². The smallest absolute Gasteiger partial charge is 0.0619 e. The third-order valence-corrected chi connectivity index (χ3v) is 4.06. The number of rotatable bonds is 3. The van der Waals surface area contributed by atoms with Crippen molar-refractivity contribution in [3.8, 4) is 0 Å². The summed E-state index contributed by atoms with van der Waals surface area (Å²) in [6.45, 7) is 1.65. The Kier molecular flexibility index (Phi) is 2.69. The first-order valence-electron chi connectivity index (χ1n) is 5.93. The Bertz CT molecular complexity index is 423. The molecule has 0 aliphatic heterocycles. The minimum absolute atomic E-state index is 0.535. The molecule has 2 aromatic carbocycles. The first kappa shape index (κ1) is 8.00. The second kappa shape index (κ2) is 5.04. The van der Waals surface area contributed by atoms with E-state index in [1.54, 1.807) is 6.92 Å². The molecule has 0 bridgehead atoms. The van der Waals surface area contributed by atoms with Crippen molar-refractivity contribution in [2.75, 3.05) is 5.70 Å². The van der Waals surface area contributed by atoms with E-state index in [0.29, 0.717) is 0 Å². The highest BCUT2D eigenvalue weighted by Gasteiger charge is 2.21. The Balaban J connectivity index is 2.48. The van der Waals surface area contributed by atoms with Crippen LogP contribution in [-0.2, 0) is 10.9 Å². The predicted octanol–water partition coefficient (Wildman–Crippen LogP) is 3.74. The first-order chi connectivity index (χ1) is 8.09. The molecule has 0 heterocycles. The van der Waals surface area contributed by atoms with Gasteiger partial charge in [-0.05, 0) is 31.2 Å². The molecule has 0 nitrogen and oxygen atoms in total. The molecule has 0 fully saturated rings. The lowest BCUT2D eigenvalue weighted by Gasteiger charge is -2.04. The summed E-state index contributed by atoms with van der Waals surface area (Å²) in [5.74, 6) is 0. The summed E-state index contributed by atoms with van der Waals surface area (Å²) in [7, 11) is -0.535. The lowest BCUT2D eigenvalue weighted by atomic mass is 10.4. The fraction of sp³-hybridized carbons (Fsp3) is 0.143. The molecule has 0 saturated heterocycles. The average molecular weight is 217 g/mol. The molecule has 0 aromatic heterocycles. The van der Waals surface area contributed by atoms with Gasteiger partial charge in [0.1, 0.15) is 5.70 Å². The molecule has 0 aliphatic rings. The molecule has 0 radical (unpaired) electrons. The Labute approximate surface area is 97.1 Å². The molecular formula is C14H15S+. The van der Waals surface area contributed by atoms with Crippen molar-refractivity contribution >= 4 is 10.9 Å². The van der Waals surface area contributed by atoms with Crippen molar-refractivity contribution in [3.63, 3.8) is 0 Å². The molecular weight excluding hydrogens is 200 g/mol. The molecule has 0 saturated carbocycles. The van der Waals surface area contributed by atoms with Gasteiger partial charge in [0.25, 0.3) is 0 Å². The second-order valence-electron chi connectivity index (χ2n) is 3.14. The van der Waals surface area contributed by atoms with Gasteiger partial charge >= 0.3 is 0 Å². The van der Waals surface area contributed by atoms with Gasteiger partial charge < -0.3 is 0 Å². The highest BCUT2D eigenvalue weighted by molar-refractivity contribution is 7.97. The summed E-state index contributed by atoms with van der Waals surface area (Å²) in [6.07, 6.45) is 0. The Hall–Kier alpha value is -1.21. The van der Waals surface area contributed by atoms with E-state index in [1.807, 2.05) is 60.7 Å². The van der Waals surface area contributed by atoms with Gasteiger partial charge in [-0.15, -0.1) is 0 Å². The zero-order valence-corrected chi connectivity index (χ0v) is 9.50. The molecule has 0 atom stereocenters. The SMILES string of the molecule is [2H]C([2H])(C)[S+](c1ccccc1)c1ccccc1. The average Bonchev–Trinajstić information content (AvgIpc) is 2.30. The van der Waals surface area contributed by atoms with Crippen LogP contribution in [0.2, 0.25) is 0 Å². The zero-order chi connectivity index (χ0) is 12.3. The summed E-state index contributed by atoms with van der Waals surface area (Å²) >= 11 is 0. The maximum atomic E-state index is 8.04. The minimum atomic E-state index is -1.25. The van der Waals surface area contributed by atoms with E-state index < -0.39 is 16.6 Å². The number of hydrogen-bond donors (Lipinski definition) is 0. The van der Waals surface area contributed by atoms with Crippen LogP contribution >= 0.6 is 0 Å². The fourth-order valence-electron chi connectivity index (χ4n) is 1.48. The van der Waals surface area contributed by atoms with Crippen LogP contribution in [0.1, 0.15) is 9.67 Å². The van der Waals surface area contributed by atoms with Gasteiger partial charge in [-0.25, -0.2) is 0 Å². The van der Waals surface area contributed by atoms with Crippen molar-refractivity contribution < 1.29 is 2.74 Å². The first-order valence-corrected chi connectivity index (χ1v) is 6.16. The van der Waals surface area contributed by atoms with E-state index in [2.05, 4.69) is 0 Å². The van der Waals surface area contributed by atoms with E-state index in [-0.39, 0.29) is 0 Å². The molecule has 0 aliphatic carbocycles. The second-order valence-corrected chi connectivity index (χ2v) is 5.10. The Morgan fingerprint density at radius 3 is 1.60 bits per heavy atom. The number of benzene rings is 2. The molecule has 76 valence electrons. The van der Waals surface area contributed by atoms with Crippen LogP contribution < -0.4 is 0 Å². The van der Waals surface area contributed by atoms with Crippen molar-refractivity contribution in [2.24, 2.45) is 0 Å². The van der Waals surface area contributed by atoms with Gasteiger partial charge in [-0.2, -0.15) is 0 Å². The molecule has 1 heteroatoms. The van der Waals surface area contributed by atoms with E-state index in [9.17, 15) is 0 Å². The molecule has 15 heavy (non-hydrogen) atoms. The quantitative estimate of drug-likeness (QED) is 0.687. The van der Waals surface area contributed by atoms with Crippen molar-refractivity contribution in [3.05, 3.63) is 60.7 Å². The monoisotopic (exact) mass is 217 g/mol. The lowest BCUT2D eigenvalue weighted by Crippen LogP contribution is -2.05. The lowest BCUT2D eigenvalue weighted by molar-refractivity contribution is 1.33. The van der Waals surface area contributed by atoms with Gasteiger partial charge in [0.05, 0.1) is 13.6 Å². The standard InChI is InChI=1S/C14H15S/c1-2-15(13-9-5-3-6-10-13)14-11-7-4-8-12-14/h3-12H,2H2,1H3/q+1/i2D2. The van der Waals surface area contributed by atoms with Crippen molar-refractivity contribution in [2.45, 2.75) is 16.7 Å². The zero-order valence-electron chi connectivity index (χ0n) is 10.7. The normalized spacial score (nSPS) is 13.5. The third-order valence-electron chi connectivity index (χ3n) is 2.16. The van der Waals surface area contributed by atoms with Gasteiger partial charge in [0.2, 0.25) is 0 Å². The summed E-state index contributed by atoms with van der Waals surface area (Å²) in [5.41, 5.74) is -1.25.